The summed E-state index contributed by atoms with van der Waals surface area (Å²) in [7, 11) is 0. The van der Waals surface area contributed by atoms with Crippen LogP contribution in [0.15, 0.2) is 24.3 Å². The zero-order chi connectivity index (χ0) is 13.3. The highest BCUT2D eigenvalue weighted by Gasteiger charge is 2.04. The Bertz CT molecular complexity index is 380. The second-order valence-electron chi connectivity index (χ2n) is 3.56. The van der Waals surface area contributed by atoms with Crippen LogP contribution in [0, 0.1) is 0 Å². The van der Waals surface area contributed by atoms with Crippen molar-refractivity contribution in [3.63, 3.8) is 0 Å². The number of phenolic OH excluding ortho intramolecular Hbond substituents is 1. The van der Waals surface area contributed by atoms with Gasteiger partial charge in [-0.1, -0.05) is 12.1 Å². The lowest BCUT2D eigenvalue weighted by Gasteiger charge is -2.12. The quantitative estimate of drug-likeness (QED) is 0.817. The van der Waals surface area contributed by atoms with Crippen LogP contribution in [0.5, 0.6) is 5.75 Å². The predicted octanol–water partition coefficient (Wildman–Crippen LogP) is 0.876. The van der Waals surface area contributed by atoms with Gasteiger partial charge in [-0.25, -0.2) is 0 Å². The van der Waals surface area contributed by atoms with E-state index < -0.39 is 0 Å². The van der Waals surface area contributed by atoms with E-state index in [0.717, 1.165) is 12.0 Å². The first-order valence-corrected chi connectivity index (χ1v) is 5.04. The fourth-order valence-electron chi connectivity index (χ4n) is 1.38. The van der Waals surface area contributed by atoms with Gasteiger partial charge in [0.1, 0.15) is 5.75 Å². The number of hydrogen-bond donors (Lipinski definition) is 2. The summed E-state index contributed by atoms with van der Waals surface area (Å²) in [6, 6.07) is 7.13. The first-order chi connectivity index (χ1) is 7.99. The van der Waals surface area contributed by atoms with E-state index in [1.54, 1.807) is 12.1 Å². The molecular weight excluding hydrogens is 222 g/mol. The molecule has 1 atom stereocenters. The Kier molecular flexibility index (Phi) is 7.06. The summed E-state index contributed by atoms with van der Waals surface area (Å²) in [5, 5.41) is 11.9. The molecule has 5 heteroatoms. The van der Waals surface area contributed by atoms with Gasteiger partial charge in [0.2, 0.25) is 5.91 Å². The van der Waals surface area contributed by atoms with Crippen LogP contribution in [0.2, 0.25) is 0 Å². The molecule has 1 amide bonds. The summed E-state index contributed by atoms with van der Waals surface area (Å²) in [6.45, 7) is 3.46. The van der Waals surface area contributed by atoms with E-state index in [-0.39, 0.29) is 23.9 Å². The van der Waals surface area contributed by atoms with Crippen LogP contribution in [-0.4, -0.2) is 23.2 Å². The molecule has 0 fully saturated rings. The Morgan fingerprint density at radius 2 is 1.82 bits per heavy atom. The number of amides is 1. The summed E-state index contributed by atoms with van der Waals surface area (Å²) in [6.07, 6.45) is 1.03. The fourth-order valence-corrected chi connectivity index (χ4v) is 1.38. The second-order valence-corrected chi connectivity index (χ2v) is 3.56. The van der Waals surface area contributed by atoms with Crippen LogP contribution < -0.4 is 5.32 Å². The Labute approximate surface area is 99.5 Å². The topological polar surface area (TPSA) is 83.5 Å². The van der Waals surface area contributed by atoms with Crippen molar-refractivity contribution in [1.82, 2.24) is 5.32 Å². The lowest BCUT2D eigenvalue weighted by Crippen LogP contribution is -2.31. The lowest BCUT2D eigenvalue weighted by atomic mass is 10.1. The molecule has 0 heterocycles. The van der Waals surface area contributed by atoms with Crippen molar-refractivity contribution in [3.8, 4) is 5.75 Å². The first kappa shape index (κ1) is 14.9. The van der Waals surface area contributed by atoms with E-state index in [4.69, 9.17) is 14.7 Å². The monoisotopic (exact) mass is 237 g/mol. The van der Waals surface area contributed by atoms with Crippen LogP contribution in [-0.2, 0) is 20.8 Å². The van der Waals surface area contributed by atoms with E-state index in [1.807, 2.05) is 19.1 Å². The molecule has 1 aromatic carbocycles. The Morgan fingerprint density at radius 1 is 1.35 bits per heavy atom. The number of carbonyl (C=O) groups excluding carboxylic acids is 3. The molecule has 0 aromatic heterocycles. The van der Waals surface area contributed by atoms with Gasteiger partial charge in [0.05, 0.1) is 0 Å². The van der Waals surface area contributed by atoms with Gasteiger partial charge >= 0.3 is 6.15 Å². The number of benzene rings is 1. The molecule has 1 aromatic rings. The molecule has 0 aliphatic carbocycles. The van der Waals surface area contributed by atoms with Crippen molar-refractivity contribution in [2.75, 3.05) is 0 Å². The van der Waals surface area contributed by atoms with Crippen LogP contribution >= 0.6 is 0 Å². The third-order valence-electron chi connectivity index (χ3n) is 1.93. The van der Waals surface area contributed by atoms with E-state index in [0.29, 0.717) is 0 Å². The number of phenols is 1. The predicted molar refractivity (Wildman–Crippen MR) is 60.1 cm³/mol. The van der Waals surface area contributed by atoms with Crippen LogP contribution in [0.4, 0.5) is 0 Å². The normalized spacial score (nSPS) is 10.5. The number of carbonyl (C=O) groups is 1. The van der Waals surface area contributed by atoms with Crippen LogP contribution in [0.1, 0.15) is 19.4 Å². The Morgan fingerprint density at radius 3 is 2.24 bits per heavy atom. The zero-order valence-corrected chi connectivity index (χ0v) is 9.77. The molecule has 0 aliphatic rings. The summed E-state index contributed by atoms with van der Waals surface area (Å²) in [4.78, 5) is 27.0. The number of rotatable bonds is 3. The minimum Gasteiger partial charge on any atom is -0.508 e. The molecule has 0 saturated heterocycles. The third-order valence-corrected chi connectivity index (χ3v) is 1.93. The van der Waals surface area contributed by atoms with E-state index in [1.165, 1.54) is 6.92 Å². The van der Waals surface area contributed by atoms with Gasteiger partial charge in [0, 0.05) is 13.0 Å². The van der Waals surface area contributed by atoms with Crippen molar-refractivity contribution >= 4 is 12.1 Å². The summed E-state index contributed by atoms with van der Waals surface area (Å²) in [5.74, 6) is 0.247. The molecule has 0 aliphatic heterocycles. The molecule has 0 saturated carbocycles. The summed E-state index contributed by atoms with van der Waals surface area (Å²) < 4.78 is 0. The molecule has 92 valence electrons. The van der Waals surface area contributed by atoms with Gasteiger partial charge in [0.25, 0.3) is 0 Å². The second kappa shape index (κ2) is 8.07. The molecule has 1 unspecified atom stereocenters. The van der Waals surface area contributed by atoms with Gasteiger partial charge in [-0.3, -0.25) is 4.79 Å². The smallest absolute Gasteiger partial charge is 0.373 e. The minimum absolute atomic E-state index is 0.0173. The maximum absolute atomic E-state index is 10.7. The van der Waals surface area contributed by atoms with Crippen molar-refractivity contribution in [1.29, 1.82) is 0 Å². The highest BCUT2D eigenvalue weighted by Crippen LogP contribution is 2.10. The molecule has 0 spiro atoms. The van der Waals surface area contributed by atoms with E-state index in [2.05, 4.69) is 5.32 Å². The maximum atomic E-state index is 10.7. The fraction of sp³-hybridized carbons (Fsp3) is 0.333. The zero-order valence-electron chi connectivity index (χ0n) is 9.77. The van der Waals surface area contributed by atoms with Gasteiger partial charge in [-0.05, 0) is 31.0 Å². The van der Waals surface area contributed by atoms with Crippen LogP contribution in [0.25, 0.3) is 0 Å². The minimum atomic E-state index is -0.0173. The molecule has 0 radical (unpaired) electrons. The highest BCUT2D eigenvalue weighted by molar-refractivity contribution is 5.73. The Hall–Kier alpha value is -2.13. The van der Waals surface area contributed by atoms with Gasteiger partial charge in [0.15, 0.2) is 0 Å². The van der Waals surface area contributed by atoms with Crippen molar-refractivity contribution in [2.45, 2.75) is 26.3 Å². The standard InChI is InChI=1S/C11H15NO2.CO2/c1-8(12-9(2)13)7-10-3-5-11(14)6-4-10;2-1-3/h3-6,8,14H,7H2,1-2H3,(H,12,13);. The number of aromatic hydroxyl groups is 1. The number of nitrogens with one attached hydrogen (secondary N) is 1. The van der Waals surface area contributed by atoms with Gasteiger partial charge in [-0.15, -0.1) is 0 Å². The van der Waals surface area contributed by atoms with Crippen molar-refractivity contribution in [2.24, 2.45) is 0 Å². The van der Waals surface area contributed by atoms with E-state index >= 15 is 0 Å². The average molecular weight is 237 g/mol. The highest BCUT2D eigenvalue weighted by atomic mass is 16.3. The first-order valence-electron chi connectivity index (χ1n) is 5.04. The van der Waals surface area contributed by atoms with Gasteiger partial charge in [-0.2, -0.15) is 9.59 Å². The van der Waals surface area contributed by atoms with E-state index in [9.17, 15) is 4.79 Å². The average Bonchev–Trinajstić information content (AvgIpc) is 2.21. The SMILES string of the molecule is CC(=O)NC(C)Cc1ccc(O)cc1.O=C=O. The van der Waals surface area contributed by atoms with Gasteiger partial charge < -0.3 is 10.4 Å². The Balaban J connectivity index is 0.000000770. The maximum Gasteiger partial charge on any atom is 0.373 e. The number of hydrogen-bond acceptors (Lipinski definition) is 4. The molecular formula is C12H15NO4. The molecule has 0 bridgehead atoms. The van der Waals surface area contributed by atoms with Crippen LogP contribution in [0.3, 0.4) is 0 Å². The molecule has 1 rings (SSSR count). The summed E-state index contributed by atoms with van der Waals surface area (Å²) >= 11 is 0. The third kappa shape index (κ3) is 7.76. The van der Waals surface area contributed by atoms with Crippen molar-refractivity contribution < 1.29 is 19.5 Å². The van der Waals surface area contributed by atoms with Crippen molar-refractivity contribution in [3.05, 3.63) is 29.8 Å². The lowest BCUT2D eigenvalue weighted by molar-refractivity contribution is -0.191. The molecule has 2 N–H and O–H groups in total. The molecule has 5 nitrogen and oxygen atoms in total. The molecule has 17 heavy (non-hydrogen) atoms. The largest absolute Gasteiger partial charge is 0.508 e. The summed E-state index contributed by atoms with van der Waals surface area (Å²) in [5.41, 5.74) is 1.10.